The molecule has 7 nitrogen and oxygen atoms in total. The van der Waals surface area contributed by atoms with Crippen LogP contribution in [-0.4, -0.2) is 40.0 Å². The van der Waals surface area contributed by atoms with Crippen LogP contribution in [-0.2, 0) is 11.3 Å². The second-order valence-corrected chi connectivity index (χ2v) is 7.86. The summed E-state index contributed by atoms with van der Waals surface area (Å²) in [6, 6.07) is 4.15. The summed E-state index contributed by atoms with van der Waals surface area (Å²) in [4.78, 5) is 9.73. The topological polar surface area (TPSA) is 75.2 Å². The van der Waals surface area contributed by atoms with E-state index in [1.54, 1.807) is 7.11 Å². The molecule has 1 aliphatic rings. The van der Waals surface area contributed by atoms with E-state index >= 15 is 0 Å². The number of ether oxygens (including phenoxy) is 2. The molecular weight excluding hydrogens is 380 g/mol. The molecule has 0 unspecified atom stereocenters. The van der Waals surface area contributed by atoms with Crippen molar-refractivity contribution >= 4 is 21.9 Å². The lowest BCUT2D eigenvalue weighted by molar-refractivity contribution is 0.0830. The van der Waals surface area contributed by atoms with Crippen LogP contribution < -0.4 is 4.74 Å². The first-order valence-electron chi connectivity index (χ1n) is 10.5. The summed E-state index contributed by atoms with van der Waals surface area (Å²) < 4.78 is 19.1. The van der Waals surface area contributed by atoms with E-state index in [2.05, 4.69) is 28.8 Å². The number of methoxy groups -OCH3 is 1. The number of hydrogen-bond donors (Lipinski definition) is 0. The Balaban J connectivity index is 1.76. The van der Waals surface area contributed by atoms with Crippen molar-refractivity contribution in [3.05, 3.63) is 35.6 Å². The number of fused-ring (bicyclic) bond motifs is 3. The highest BCUT2D eigenvalue weighted by atomic mass is 16.5. The Bertz CT molecular complexity index is 1220. The van der Waals surface area contributed by atoms with Crippen molar-refractivity contribution in [2.24, 2.45) is 0 Å². The summed E-state index contributed by atoms with van der Waals surface area (Å²) >= 11 is 0. The van der Waals surface area contributed by atoms with Crippen molar-refractivity contribution < 1.29 is 14.0 Å². The predicted molar refractivity (Wildman–Crippen MR) is 115 cm³/mol. The lowest BCUT2D eigenvalue weighted by Crippen LogP contribution is -2.17. The van der Waals surface area contributed by atoms with Gasteiger partial charge in [0.05, 0.1) is 35.6 Å². The third-order valence-electron chi connectivity index (χ3n) is 6.13. The second-order valence-electron chi connectivity index (χ2n) is 7.86. The standard InChI is InChI=1S/C23H26N4O3/c1-5-27-22-16-11-20(28-4)17(21-13(2)26-30-14(21)3)10-18(16)24-12-19(22)25-23(27)15-6-8-29-9-7-15/h10-12,15H,5-9H2,1-4H3. The molecular formula is C23H26N4O3. The van der Waals surface area contributed by atoms with Crippen molar-refractivity contribution in [1.29, 1.82) is 0 Å². The zero-order chi connectivity index (χ0) is 20.8. The summed E-state index contributed by atoms with van der Waals surface area (Å²) in [7, 11) is 1.70. The molecule has 0 spiro atoms. The van der Waals surface area contributed by atoms with E-state index in [1.165, 1.54) is 0 Å². The van der Waals surface area contributed by atoms with Crippen molar-refractivity contribution in [2.75, 3.05) is 20.3 Å². The molecule has 156 valence electrons. The van der Waals surface area contributed by atoms with Gasteiger partial charge in [0.15, 0.2) is 0 Å². The Labute approximate surface area is 175 Å². The van der Waals surface area contributed by atoms with Crippen molar-refractivity contribution in [1.82, 2.24) is 19.7 Å². The molecule has 0 atom stereocenters. The molecule has 1 fully saturated rings. The molecule has 0 saturated carbocycles. The van der Waals surface area contributed by atoms with Gasteiger partial charge in [-0.25, -0.2) is 4.98 Å². The first-order chi connectivity index (χ1) is 14.6. The summed E-state index contributed by atoms with van der Waals surface area (Å²) in [5.74, 6) is 3.11. The van der Waals surface area contributed by atoms with Gasteiger partial charge in [0.1, 0.15) is 22.9 Å². The van der Waals surface area contributed by atoms with E-state index in [1.807, 2.05) is 20.0 Å². The maximum atomic E-state index is 5.79. The number of aryl methyl sites for hydroxylation is 3. The van der Waals surface area contributed by atoms with Gasteiger partial charge in [-0.1, -0.05) is 5.16 Å². The third kappa shape index (κ3) is 2.88. The predicted octanol–water partition coefficient (Wildman–Crippen LogP) is 4.78. The lowest BCUT2D eigenvalue weighted by Gasteiger charge is -2.22. The Hall–Kier alpha value is -2.93. The summed E-state index contributed by atoms with van der Waals surface area (Å²) in [5, 5.41) is 5.15. The van der Waals surface area contributed by atoms with Gasteiger partial charge >= 0.3 is 0 Å². The monoisotopic (exact) mass is 406 g/mol. The minimum Gasteiger partial charge on any atom is -0.496 e. The molecule has 4 aromatic rings. The van der Waals surface area contributed by atoms with Crippen LogP contribution >= 0.6 is 0 Å². The van der Waals surface area contributed by atoms with Crippen LogP contribution in [0, 0.1) is 13.8 Å². The first kappa shape index (κ1) is 19.1. The summed E-state index contributed by atoms with van der Waals surface area (Å²) in [5.41, 5.74) is 5.70. The smallest absolute Gasteiger partial charge is 0.141 e. The SMILES string of the molecule is CCn1c(C2CCOCC2)nc2cnc3cc(-c4c(C)noc4C)c(OC)cc3c21. The van der Waals surface area contributed by atoms with Gasteiger partial charge in [-0.05, 0) is 45.7 Å². The molecule has 0 radical (unpaired) electrons. The fraction of sp³-hybridized carbons (Fsp3) is 0.435. The second kappa shape index (κ2) is 7.40. The summed E-state index contributed by atoms with van der Waals surface area (Å²) in [6.07, 6.45) is 3.90. The van der Waals surface area contributed by atoms with Gasteiger partial charge < -0.3 is 18.6 Å². The van der Waals surface area contributed by atoms with Crippen molar-refractivity contribution in [3.8, 4) is 16.9 Å². The normalized spacial score (nSPS) is 15.3. The highest BCUT2D eigenvalue weighted by Crippen LogP contribution is 2.39. The van der Waals surface area contributed by atoms with E-state index in [0.717, 1.165) is 88.7 Å². The van der Waals surface area contributed by atoms with Gasteiger partial charge in [-0.2, -0.15) is 0 Å². The molecule has 5 rings (SSSR count). The fourth-order valence-corrected chi connectivity index (χ4v) is 4.68. The first-order valence-corrected chi connectivity index (χ1v) is 10.5. The minimum absolute atomic E-state index is 0.421. The van der Waals surface area contributed by atoms with E-state index < -0.39 is 0 Å². The highest BCUT2D eigenvalue weighted by Gasteiger charge is 2.24. The Morgan fingerprint density at radius 1 is 1.17 bits per heavy atom. The molecule has 0 amide bonds. The van der Waals surface area contributed by atoms with Gasteiger partial charge in [0, 0.05) is 36.6 Å². The maximum absolute atomic E-state index is 5.79. The highest BCUT2D eigenvalue weighted by molar-refractivity contribution is 6.05. The number of hydrogen-bond acceptors (Lipinski definition) is 6. The Kier molecular flexibility index (Phi) is 4.70. The molecule has 7 heteroatoms. The zero-order valence-electron chi connectivity index (χ0n) is 17.9. The molecule has 0 N–H and O–H groups in total. The molecule has 4 heterocycles. The molecule has 1 aliphatic heterocycles. The van der Waals surface area contributed by atoms with Gasteiger partial charge in [-0.15, -0.1) is 0 Å². The maximum Gasteiger partial charge on any atom is 0.141 e. The van der Waals surface area contributed by atoms with Crippen LogP contribution in [0.1, 0.15) is 43.0 Å². The molecule has 30 heavy (non-hydrogen) atoms. The average molecular weight is 406 g/mol. The quantitative estimate of drug-likeness (QED) is 0.486. The largest absolute Gasteiger partial charge is 0.496 e. The van der Waals surface area contributed by atoms with Crippen molar-refractivity contribution in [2.45, 2.75) is 46.1 Å². The minimum atomic E-state index is 0.421. The number of aromatic nitrogens is 4. The molecule has 0 aliphatic carbocycles. The molecule has 1 aromatic carbocycles. The van der Waals surface area contributed by atoms with Gasteiger partial charge in [-0.3, -0.25) is 4.98 Å². The van der Waals surface area contributed by atoms with Crippen LogP contribution in [0.4, 0.5) is 0 Å². The lowest BCUT2D eigenvalue weighted by atomic mass is 9.99. The molecule has 1 saturated heterocycles. The van der Waals surface area contributed by atoms with Crippen molar-refractivity contribution in [3.63, 3.8) is 0 Å². The Morgan fingerprint density at radius 2 is 1.97 bits per heavy atom. The average Bonchev–Trinajstić information content (AvgIpc) is 3.32. The van der Waals surface area contributed by atoms with Crippen LogP contribution in [0.2, 0.25) is 0 Å². The van der Waals surface area contributed by atoms with Crippen LogP contribution in [0.5, 0.6) is 5.75 Å². The number of imidazole rings is 1. The van der Waals surface area contributed by atoms with E-state index in [0.29, 0.717) is 5.92 Å². The Morgan fingerprint density at radius 3 is 2.63 bits per heavy atom. The van der Waals surface area contributed by atoms with Gasteiger partial charge in [0.25, 0.3) is 0 Å². The van der Waals surface area contributed by atoms with E-state index in [4.69, 9.17) is 24.0 Å². The molecule has 0 bridgehead atoms. The number of pyridine rings is 1. The number of benzene rings is 1. The van der Waals surface area contributed by atoms with Crippen LogP contribution in [0.15, 0.2) is 22.9 Å². The fourth-order valence-electron chi connectivity index (χ4n) is 4.68. The zero-order valence-corrected chi connectivity index (χ0v) is 17.9. The number of nitrogens with zero attached hydrogens (tertiary/aromatic N) is 4. The third-order valence-corrected chi connectivity index (χ3v) is 6.13. The van der Waals surface area contributed by atoms with Gasteiger partial charge in [0.2, 0.25) is 0 Å². The van der Waals surface area contributed by atoms with E-state index in [9.17, 15) is 0 Å². The number of rotatable bonds is 4. The van der Waals surface area contributed by atoms with Crippen LogP contribution in [0.3, 0.4) is 0 Å². The molecule has 3 aromatic heterocycles. The van der Waals surface area contributed by atoms with E-state index in [-0.39, 0.29) is 0 Å². The van der Waals surface area contributed by atoms with Crippen LogP contribution in [0.25, 0.3) is 33.1 Å². The summed E-state index contributed by atoms with van der Waals surface area (Å²) in [6.45, 7) is 8.48.